The van der Waals surface area contributed by atoms with Crippen LogP contribution in [0, 0.1) is 0 Å². The summed E-state index contributed by atoms with van der Waals surface area (Å²) in [5.74, 6) is -1.13. The SMILES string of the molecule is COC(=O)c1ccc(N=C(c2ccccc2)C2C(=O)Nc3cc(N)ccc32)cc1. The lowest BCUT2D eigenvalue weighted by Gasteiger charge is -2.14. The number of anilines is 2. The number of nitrogens with zero attached hydrogens (tertiary/aromatic N) is 1. The van der Waals surface area contributed by atoms with Gasteiger partial charge in [-0.15, -0.1) is 0 Å². The molecule has 1 unspecified atom stereocenters. The number of nitrogens with one attached hydrogen (secondary N) is 1. The summed E-state index contributed by atoms with van der Waals surface area (Å²) in [4.78, 5) is 29.3. The van der Waals surface area contributed by atoms with Crippen molar-refractivity contribution in [3.63, 3.8) is 0 Å². The van der Waals surface area contributed by atoms with Gasteiger partial charge in [0.1, 0.15) is 5.92 Å². The van der Waals surface area contributed by atoms with E-state index in [9.17, 15) is 9.59 Å². The van der Waals surface area contributed by atoms with Crippen LogP contribution in [0.25, 0.3) is 0 Å². The number of rotatable bonds is 4. The normalized spacial score (nSPS) is 15.6. The van der Waals surface area contributed by atoms with E-state index in [1.54, 1.807) is 36.4 Å². The number of esters is 1. The Labute approximate surface area is 168 Å². The molecule has 1 heterocycles. The first-order chi connectivity index (χ1) is 14.1. The highest BCUT2D eigenvalue weighted by Crippen LogP contribution is 2.37. The van der Waals surface area contributed by atoms with Gasteiger partial charge in [-0.3, -0.25) is 9.79 Å². The lowest BCUT2D eigenvalue weighted by Crippen LogP contribution is -2.21. The summed E-state index contributed by atoms with van der Waals surface area (Å²) in [6.07, 6.45) is 0. The Balaban J connectivity index is 1.81. The van der Waals surface area contributed by atoms with Crippen LogP contribution in [0.3, 0.4) is 0 Å². The number of hydrogen-bond acceptors (Lipinski definition) is 5. The van der Waals surface area contributed by atoms with E-state index in [0.29, 0.717) is 28.3 Å². The maximum absolute atomic E-state index is 12.8. The average Bonchev–Trinajstić information content (AvgIpc) is 3.07. The summed E-state index contributed by atoms with van der Waals surface area (Å²) in [7, 11) is 1.34. The van der Waals surface area contributed by atoms with E-state index < -0.39 is 11.9 Å². The Morgan fingerprint density at radius 2 is 1.72 bits per heavy atom. The molecule has 1 atom stereocenters. The van der Waals surface area contributed by atoms with Crippen LogP contribution in [0.4, 0.5) is 17.1 Å². The molecule has 144 valence electrons. The average molecular weight is 385 g/mol. The number of carbonyl (C=O) groups excluding carboxylic acids is 2. The van der Waals surface area contributed by atoms with E-state index in [1.165, 1.54) is 7.11 Å². The van der Waals surface area contributed by atoms with Crippen molar-refractivity contribution in [3.05, 3.63) is 89.5 Å². The topological polar surface area (TPSA) is 93.8 Å². The van der Waals surface area contributed by atoms with Crippen molar-refractivity contribution < 1.29 is 14.3 Å². The predicted octanol–water partition coefficient (Wildman–Crippen LogP) is 3.91. The minimum Gasteiger partial charge on any atom is -0.465 e. The third-order valence-corrected chi connectivity index (χ3v) is 4.79. The third kappa shape index (κ3) is 3.60. The predicted molar refractivity (Wildman–Crippen MR) is 113 cm³/mol. The number of hydrogen-bond donors (Lipinski definition) is 2. The molecule has 29 heavy (non-hydrogen) atoms. The molecule has 0 spiro atoms. The van der Waals surface area contributed by atoms with Crippen LogP contribution in [-0.4, -0.2) is 24.7 Å². The number of nitrogens with two attached hydrogens (primary N) is 1. The number of carbonyl (C=O) groups is 2. The monoisotopic (exact) mass is 385 g/mol. The van der Waals surface area contributed by atoms with E-state index in [2.05, 4.69) is 5.32 Å². The van der Waals surface area contributed by atoms with E-state index in [-0.39, 0.29) is 5.91 Å². The van der Waals surface area contributed by atoms with Gasteiger partial charge in [-0.05, 0) is 47.5 Å². The number of fused-ring (bicyclic) bond motifs is 1. The number of aliphatic imine (C=N–C) groups is 1. The minimum absolute atomic E-state index is 0.153. The number of amides is 1. The summed E-state index contributed by atoms with van der Waals surface area (Å²) in [5, 5.41) is 2.90. The van der Waals surface area contributed by atoms with Crippen LogP contribution >= 0.6 is 0 Å². The molecule has 1 aliphatic rings. The standard InChI is InChI=1S/C23H19N3O3/c1-29-23(28)15-7-10-17(11-8-15)25-21(14-5-3-2-4-6-14)20-18-12-9-16(24)13-19(18)26-22(20)27/h2-13,20H,24H2,1H3,(H,26,27). The first-order valence-corrected chi connectivity index (χ1v) is 9.09. The van der Waals surface area contributed by atoms with Crippen LogP contribution in [0.2, 0.25) is 0 Å². The van der Waals surface area contributed by atoms with Gasteiger partial charge in [0, 0.05) is 11.4 Å². The van der Waals surface area contributed by atoms with Crippen LogP contribution in [0.15, 0.2) is 77.8 Å². The molecule has 0 aliphatic carbocycles. The molecular weight excluding hydrogens is 366 g/mol. The fraction of sp³-hybridized carbons (Fsp3) is 0.0870. The van der Waals surface area contributed by atoms with Crippen molar-refractivity contribution >= 4 is 34.7 Å². The van der Waals surface area contributed by atoms with Crippen molar-refractivity contribution in [1.82, 2.24) is 0 Å². The zero-order valence-corrected chi connectivity index (χ0v) is 15.8. The molecule has 0 saturated carbocycles. The molecule has 6 nitrogen and oxygen atoms in total. The van der Waals surface area contributed by atoms with Gasteiger partial charge in [0.2, 0.25) is 5.91 Å². The molecule has 6 heteroatoms. The van der Waals surface area contributed by atoms with Gasteiger partial charge < -0.3 is 15.8 Å². The van der Waals surface area contributed by atoms with Gasteiger partial charge in [0.25, 0.3) is 0 Å². The summed E-state index contributed by atoms with van der Waals surface area (Å²) in [5.41, 5.74) is 10.5. The zero-order chi connectivity index (χ0) is 20.4. The van der Waals surface area contributed by atoms with Gasteiger partial charge in [0.15, 0.2) is 0 Å². The fourth-order valence-electron chi connectivity index (χ4n) is 3.39. The molecule has 3 aromatic rings. The smallest absolute Gasteiger partial charge is 0.337 e. The lowest BCUT2D eigenvalue weighted by atomic mass is 9.90. The van der Waals surface area contributed by atoms with Crippen LogP contribution in [0.1, 0.15) is 27.4 Å². The summed E-state index contributed by atoms with van der Waals surface area (Å²) < 4.78 is 4.73. The maximum Gasteiger partial charge on any atom is 0.337 e. The third-order valence-electron chi connectivity index (χ3n) is 4.79. The number of ether oxygens (including phenoxy) is 1. The fourth-order valence-corrected chi connectivity index (χ4v) is 3.39. The molecular formula is C23H19N3O3. The van der Waals surface area contributed by atoms with Crippen molar-refractivity contribution in [1.29, 1.82) is 0 Å². The highest BCUT2D eigenvalue weighted by atomic mass is 16.5. The molecule has 3 N–H and O–H groups in total. The summed E-state index contributed by atoms with van der Waals surface area (Å²) >= 11 is 0. The first-order valence-electron chi connectivity index (χ1n) is 9.09. The van der Waals surface area contributed by atoms with Gasteiger partial charge in [-0.25, -0.2) is 4.79 Å². The van der Waals surface area contributed by atoms with Gasteiger partial charge in [0.05, 0.1) is 24.1 Å². The molecule has 0 radical (unpaired) electrons. The highest BCUT2D eigenvalue weighted by Gasteiger charge is 2.35. The van der Waals surface area contributed by atoms with E-state index in [1.807, 2.05) is 36.4 Å². The second kappa shape index (κ2) is 7.59. The Kier molecular flexibility index (Phi) is 4.83. The highest BCUT2D eigenvalue weighted by molar-refractivity contribution is 6.24. The van der Waals surface area contributed by atoms with Crippen molar-refractivity contribution in [2.75, 3.05) is 18.2 Å². The molecule has 0 saturated heterocycles. The van der Waals surface area contributed by atoms with Crippen molar-refractivity contribution in [3.8, 4) is 0 Å². The van der Waals surface area contributed by atoms with Crippen molar-refractivity contribution in [2.24, 2.45) is 4.99 Å². The zero-order valence-electron chi connectivity index (χ0n) is 15.8. The molecule has 1 aliphatic heterocycles. The Bertz CT molecular complexity index is 1110. The summed E-state index contributed by atoms with van der Waals surface area (Å²) in [6, 6.07) is 21.7. The molecule has 0 fully saturated rings. The Morgan fingerprint density at radius 1 is 1.00 bits per heavy atom. The Hall–Kier alpha value is -3.93. The second-order valence-corrected chi connectivity index (χ2v) is 6.67. The lowest BCUT2D eigenvalue weighted by molar-refractivity contribution is -0.115. The summed E-state index contributed by atoms with van der Waals surface area (Å²) in [6.45, 7) is 0. The molecule has 4 rings (SSSR count). The quantitative estimate of drug-likeness (QED) is 0.404. The largest absolute Gasteiger partial charge is 0.465 e. The number of nitrogen functional groups attached to an aromatic ring is 1. The maximum atomic E-state index is 12.8. The van der Waals surface area contributed by atoms with Crippen molar-refractivity contribution in [2.45, 2.75) is 5.92 Å². The van der Waals surface area contributed by atoms with Crippen LogP contribution in [0.5, 0.6) is 0 Å². The minimum atomic E-state index is -0.562. The molecule has 3 aromatic carbocycles. The molecule has 0 bridgehead atoms. The Morgan fingerprint density at radius 3 is 2.41 bits per heavy atom. The van der Waals surface area contributed by atoms with Gasteiger partial charge in [-0.2, -0.15) is 0 Å². The van der Waals surface area contributed by atoms with E-state index in [0.717, 1.165) is 11.1 Å². The molecule has 0 aromatic heterocycles. The van der Waals surface area contributed by atoms with E-state index >= 15 is 0 Å². The van der Waals surface area contributed by atoms with Crippen LogP contribution < -0.4 is 11.1 Å². The van der Waals surface area contributed by atoms with E-state index in [4.69, 9.17) is 15.5 Å². The number of benzene rings is 3. The van der Waals surface area contributed by atoms with Gasteiger partial charge >= 0.3 is 5.97 Å². The van der Waals surface area contributed by atoms with Gasteiger partial charge in [-0.1, -0.05) is 36.4 Å². The number of methoxy groups -OCH3 is 1. The second-order valence-electron chi connectivity index (χ2n) is 6.67. The molecule has 1 amide bonds. The van der Waals surface area contributed by atoms with Crippen LogP contribution in [-0.2, 0) is 9.53 Å². The first kappa shape index (κ1) is 18.4.